The summed E-state index contributed by atoms with van der Waals surface area (Å²) in [4.78, 5) is 12.9. The van der Waals surface area contributed by atoms with E-state index in [1.165, 1.54) is 11.3 Å². The highest BCUT2D eigenvalue weighted by atomic mass is 35.5. The van der Waals surface area contributed by atoms with Gasteiger partial charge in [0.05, 0.1) is 10.4 Å². The molecular weight excluding hydrogens is 354 g/mol. The van der Waals surface area contributed by atoms with E-state index in [-0.39, 0.29) is 5.91 Å². The molecule has 0 spiro atoms. The number of anilines is 1. The summed E-state index contributed by atoms with van der Waals surface area (Å²) in [5, 5.41) is 13.1. The minimum atomic E-state index is -0.447. The molecule has 1 fully saturated rings. The molecule has 1 saturated carbocycles. The minimum Gasteiger partial charge on any atom is -0.300 e. The van der Waals surface area contributed by atoms with E-state index in [1.54, 1.807) is 0 Å². The molecule has 6 heteroatoms. The molecule has 1 aromatic heterocycles. The van der Waals surface area contributed by atoms with Crippen LogP contribution in [0, 0.1) is 0 Å². The van der Waals surface area contributed by atoms with Gasteiger partial charge in [0.1, 0.15) is 0 Å². The number of hydrogen-bond donors (Lipinski definition) is 1. The largest absolute Gasteiger partial charge is 0.300 e. The monoisotopic (exact) mass is 369 g/mol. The lowest BCUT2D eigenvalue weighted by Gasteiger charge is -2.40. The average molecular weight is 370 g/mol. The zero-order valence-electron chi connectivity index (χ0n) is 13.4. The number of benzene rings is 2. The van der Waals surface area contributed by atoms with Crippen LogP contribution in [0.4, 0.5) is 5.13 Å². The predicted octanol–water partition coefficient (Wildman–Crippen LogP) is 4.92. The van der Waals surface area contributed by atoms with Gasteiger partial charge in [0.25, 0.3) is 0 Å². The fraction of sp³-hybridized carbons (Fsp3) is 0.211. The fourth-order valence-electron chi connectivity index (χ4n) is 3.17. The Kier molecular flexibility index (Phi) is 4.27. The van der Waals surface area contributed by atoms with Gasteiger partial charge in [0.15, 0.2) is 5.01 Å². The lowest BCUT2D eigenvalue weighted by Crippen LogP contribution is -2.45. The maximum atomic E-state index is 12.9. The van der Waals surface area contributed by atoms with Crippen molar-refractivity contribution in [2.24, 2.45) is 0 Å². The second kappa shape index (κ2) is 6.58. The molecule has 0 radical (unpaired) electrons. The van der Waals surface area contributed by atoms with Crippen molar-refractivity contribution in [1.29, 1.82) is 0 Å². The summed E-state index contributed by atoms with van der Waals surface area (Å²) in [6, 6.07) is 17.4. The van der Waals surface area contributed by atoms with Crippen LogP contribution in [0.25, 0.3) is 10.6 Å². The number of nitrogens with one attached hydrogen (secondary N) is 1. The van der Waals surface area contributed by atoms with Gasteiger partial charge in [0, 0.05) is 5.56 Å². The van der Waals surface area contributed by atoms with Gasteiger partial charge in [-0.05, 0) is 24.5 Å². The van der Waals surface area contributed by atoms with Gasteiger partial charge in [-0.1, -0.05) is 77.9 Å². The fourth-order valence-corrected chi connectivity index (χ4v) is 4.23. The van der Waals surface area contributed by atoms with Crippen molar-refractivity contribution in [3.05, 3.63) is 65.2 Å². The van der Waals surface area contributed by atoms with Crippen LogP contribution in [-0.4, -0.2) is 16.1 Å². The number of carbonyl (C=O) groups excluding carboxylic acids is 1. The molecule has 25 heavy (non-hydrogen) atoms. The number of aromatic nitrogens is 2. The first-order valence-electron chi connectivity index (χ1n) is 8.14. The Labute approximate surface area is 154 Å². The van der Waals surface area contributed by atoms with E-state index >= 15 is 0 Å². The summed E-state index contributed by atoms with van der Waals surface area (Å²) >= 11 is 7.55. The van der Waals surface area contributed by atoms with Crippen molar-refractivity contribution in [2.75, 3.05) is 5.32 Å². The van der Waals surface area contributed by atoms with Gasteiger partial charge in [-0.2, -0.15) is 0 Å². The maximum Gasteiger partial charge on any atom is 0.236 e. The van der Waals surface area contributed by atoms with Crippen LogP contribution in [0.2, 0.25) is 5.02 Å². The van der Waals surface area contributed by atoms with Gasteiger partial charge < -0.3 is 0 Å². The molecule has 2 aromatic carbocycles. The number of rotatable bonds is 4. The van der Waals surface area contributed by atoms with Crippen LogP contribution >= 0.6 is 22.9 Å². The van der Waals surface area contributed by atoms with Gasteiger partial charge in [-0.3, -0.25) is 10.1 Å². The van der Waals surface area contributed by atoms with Crippen LogP contribution in [0.15, 0.2) is 54.6 Å². The Morgan fingerprint density at radius 2 is 1.76 bits per heavy atom. The van der Waals surface area contributed by atoms with E-state index in [0.29, 0.717) is 15.2 Å². The Morgan fingerprint density at radius 3 is 2.44 bits per heavy atom. The van der Waals surface area contributed by atoms with Crippen LogP contribution in [0.3, 0.4) is 0 Å². The third-order valence-corrected chi connectivity index (χ3v) is 5.92. The Balaban J connectivity index is 1.57. The molecule has 1 aliphatic rings. The molecule has 4 nitrogen and oxygen atoms in total. The molecule has 4 rings (SSSR count). The van der Waals surface area contributed by atoms with Crippen molar-refractivity contribution >= 4 is 34.0 Å². The first-order valence-corrected chi connectivity index (χ1v) is 9.34. The molecule has 0 saturated heterocycles. The van der Waals surface area contributed by atoms with E-state index in [4.69, 9.17) is 11.6 Å². The van der Waals surface area contributed by atoms with E-state index in [9.17, 15) is 4.79 Å². The zero-order chi connectivity index (χ0) is 17.3. The SMILES string of the molecule is O=C(Nc1nnc(-c2ccccc2Cl)s1)C1(c2ccccc2)CCC1. The van der Waals surface area contributed by atoms with Gasteiger partial charge in [-0.25, -0.2) is 0 Å². The molecule has 1 amide bonds. The lowest BCUT2D eigenvalue weighted by molar-refractivity contribution is -0.124. The van der Waals surface area contributed by atoms with Gasteiger partial charge >= 0.3 is 0 Å². The average Bonchev–Trinajstić information content (AvgIpc) is 3.03. The number of amides is 1. The Bertz CT molecular complexity index is 906. The number of hydrogen-bond acceptors (Lipinski definition) is 4. The van der Waals surface area contributed by atoms with Crippen molar-refractivity contribution in [3.63, 3.8) is 0 Å². The standard InChI is InChI=1S/C19H16ClN3OS/c20-15-10-5-4-9-14(15)16-22-23-18(25-16)21-17(24)19(11-6-12-19)13-7-2-1-3-8-13/h1-5,7-10H,6,11-12H2,(H,21,23,24). The lowest BCUT2D eigenvalue weighted by atomic mass is 9.64. The van der Waals surface area contributed by atoms with Crippen molar-refractivity contribution < 1.29 is 4.79 Å². The zero-order valence-corrected chi connectivity index (χ0v) is 15.0. The van der Waals surface area contributed by atoms with E-state index in [2.05, 4.69) is 15.5 Å². The molecule has 1 heterocycles. The predicted molar refractivity (Wildman–Crippen MR) is 101 cm³/mol. The molecule has 0 bridgehead atoms. The second-order valence-corrected chi connectivity index (χ2v) is 7.53. The van der Waals surface area contributed by atoms with Gasteiger partial charge in [0.2, 0.25) is 11.0 Å². The van der Waals surface area contributed by atoms with Crippen LogP contribution in [-0.2, 0) is 10.2 Å². The molecule has 0 atom stereocenters. The van der Waals surface area contributed by atoms with E-state index in [1.807, 2.05) is 54.6 Å². The highest BCUT2D eigenvalue weighted by Gasteiger charge is 2.45. The molecular formula is C19H16ClN3OS. The topological polar surface area (TPSA) is 54.9 Å². The first kappa shape index (κ1) is 16.2. The molecule has 0 unspecified atom stereocenters. The summed E-state index contributed by atoms with van der Waals surface area (Å²) in [6.07, 6.45) is 2.78. The van der Waals surface area contributed by atoms with Crippen LogP contribution in [0.5, 0.6) is 0 Å². The van der Waals surface area contributed by atoms with E-state index in [0.717, 1.165) is 30.4 Å². The van der Waals surface area contributed by atoms with Crippen molar-refractivity contribution in [3.8, 4) is 10.6 Å². The Morgan fingerprint density at radius 1 is 1.04 bits per heavy atom. The molecule has 1 N–H and O–H groups in total. The van der Waals surface area contributed by atoms with E-state index < -0.39 is 5.41 Å². The summed E-state index contributed by atoms with van der Waals surface area (Å²) < 4.78 is 0. The highest BCUT2D eigenvalue weighted by molar-refractivity contribution is 7.18. The number of nitrogens with zero attached hydrogens (tertiary/aromatic N) is 2. The second-order valence-electron chi connectivity index (χ2n) is 6.15. The smallest absolute Gasteiger partial charge is 0.236 e. The normalized spacial score (nSPS) is 15.4. The van der Waals surface area contributed by atoms with Crippen molar-refractivity contribution in [1.82, 2.24) is 10.2 Å². The summed E-state index contributed by atoms with van der Waals surface area (Å²) in [7, 11) is 0. The first-order chi connectivity index (χ1) is 12.2. The third-order valence-electron chi connectivity index (χ3n) is 4.72. The number of carbonyl (C=O) groups is 1. The summed E-state index contributed by atoms with van der Waals surface area (Å²) in [5.41, 5.74) is 1.44. The van der Waals surface area contributed by atoms with Crippen LogP contribution in [0.1, 0.15) is 24.8 Å². The molecule has 3 aromatic rings. The summed E-state index contributed by atoms with van der Waals surface area (Å²) in [6.45, 7) is 0. The summed E-state index contributed by atoms with van der Waals surface area (Å²) in [5.74, 6) is -0.00758. The van der Waals surface area contributed by atoms with Crippen molar-refractivity contribution in [2.45, 2.75) is 24.7 Å². The number of halogens is 1. The molecule has 1 aliphatic carbocycles. The van der Waals surface area contributed by atoms with Crippen LogP contribution < -0.4 is 5.32 Å². The maximum absolute atomic E-state index is 12.9. The molecule has 0 aliphatic heterocycles. The third kappa shape index (κ3) is 2.94. The Hall–Kier alpha value is -2.24. The minimum absolute atomic E-state index is 0.00758. The highest BCUT2D eigenvalue weighted by Crippen LogP contribution is 2.44. The van der Waals surface area contributed by atoms with Gasteiger partial charge in [-0.15, -0.1) is 10.2 Å². The quantitative estimate of drug-likeness (QED) is 0.710. The molecule has 126 valence electrons.